The van der Waals surface area contributed by atoms with Gasteiger partial charge in [0.15, 0.2) is 9.84 Å². The molecular formula is C28H39N5O3S. The highest BCUT2D eigenvalue weighted by molar-refractivity contribution is 7.92. The molecule has 9 heteroatoms. The molecule has 3 heterocycles. The lowest BCUT2D eigenvalue weighted by molar-refractivity contribution is 0.0246. The van der Waals surface area contributed by atoms with Crippen molar-refractivity contribution in [2.75, 3.05) is 18.4 Å². The number of rotatable bonds is 6. The van der Waals surface area contributed by atoms with Gasteiger partial charge in [-0.3, -0.25) is 9.36 Å². The highest BCUT2D eigenvalue weighted by Crippen LogP contribution is 2.52. The van der Waals surface area contributed by atoms with Crippen molar-refractivity contribution >= 4 is 32.5 Å². The molecule has 37 heavy (non-hydrogen) atoms. The summed E-state index contributed by atoms with van der Waals surface area (Å²) >= 11 is 0. The van der Waals surface area contributed by atoms with Crippen LogP contribution in [-0.4, -0.2) is 52.2 Å². The summed E-state index contributed by atoms with van der Waals surface area (Å²) in [5.74, 6) is 0.361. The molecule has 1 aliphatic carbocycles. The number of nitrogens with one attached hydrogen (secondary N) is 1. The van der Waals surface area contributed by atoms with E-state index in [1.54, 1.807) is 35.0 Å². The van der Waals surface area contributed by atoms with Crippen LogP contribution in [0.1, 0.15) is 66.4 Å². The molecule has 2 fully saturated rings. The maximum Gasteiger partial charge on any atom is 0.252 e. The van der Waals surface area contributed by atoms with Crippen molar-refractivity contribution in [2.24, 2.45) is 5.41 Å². The molecule has 1 aliphatic heterocycles. The predicted octanol–water partition coefficient (Wildman–Crippen LogP) is 5.10. The first-order valence-corrected chi connectivity index (χ1v) is 14.8. The van der Waals surface area contributed by atoms with Crippen LogP contribution in [0, 0.1) is 12.3 Å². The van der Waals surface area contributed by atoms with Gasteiger partial charge >= 0.3 is 0 Å². The van der Waals surface area contributed by atoms with E-state index >= 15 is 0 Å². The van der Waals surface area contributed by atoms with Crippen molar-refractivity contribution in [3.63, 3.8) is 0 Å². The standard InChI is InChI=1S/C28H37N5O3S.H2/c1-18(2)32-12-10-28(11-13-32)15-23(16-28)37(35,36)22-7-8-24(20(5)14-22)30-27-29-17-21-6-9-25(34)33(19(3)4)26(21)31-27;/h6-9,14,17-19,23H,10-13,15-16H2,1-5H3,(H,29,30,31);1H. The van der Waals surface area contributed by atoms with Gasteiger partial charge in [0, 0.05) is 36.8 Å². The average Bonchev–Trinajstić information content (AvgIpc) is 2.83. The Morgan fingerprint density at radius 2 is 1.76 bits per heavy atom. The minimum Gasteiger partial charge on any atom is -0.324 e. The zero-order valence-corrected chi connectivity index (χ0v) is 23.2. The number of fused-ring (bicyclic) bond motifs is 1. The van der Waals surface area contributed by atoms with Crippen LogP contribution in [0.5, 0.6) is 0 Å². The summed E-state index contributed by atoms with van der Waals surface area (Å²) in [6, 6.07) is 8.97. The molecule has 3 aromatic rings. The maximum atomic E-state index is 13.4. The monoisotopic (exact) mass is 525 g/mol. The quantitative estimate of drug-likeness (QED) is 0.478. The number of pyridine rings is 1. The number of aryl methyl sites for hydroxylation is 1. The first-order valence-electron chi connectivity index (χ1n) is 13.2. The second-order valence-electron chi connectivity index (χ2n) is 11.4. The number of piperidine rings is 1. The van der Waals surface area contributed by atoms with Crippen molar-refractivity contribution in [3.8, 4) is 0 Å². The lowest BCUT2D eigenvalue weighted by atomic mass is 9.63. The Balaban J connectivity index is 0.00000336. The molecular weight excluding hydrogens is 486 g/mol. The number of sulfone groups is 1. The van der Waals surface area contributed by atoms with E-state index in [1.165, 1.54) is 6.07 Å². The van der Waals surface area contributed by atoms with Crippen molar-refractivity contribution in [2.45, 2.75) is 82.5 Å². The van der Waals surface area contributed by atoms with Gasteiger partial charge in [0.25, 0.3) is 5.56 Å². The fourth-order valence-electron chi connectivity index (χ4n) is 5.91. The fourth-order valence-corrected chi connectivity index (χ4v) is 8.04. The molecule has 2 aromatic heterocycles. The van der Waals surface area contributed by atoms with Gasteiger partial charge in [-0.2, -0.15) is 4.98 Å². The van der Waals surface area contributed by atoms with Gasteiger partial charge in [-0.05, 0) is 109 Å². The first kappa shape index (κ1) is 25.9. The van der Waals surface area contributed by atoms with E-state index in [0.29, 0.717) is 22.5 Å². The lowest BCUT2D eigenvalue weighted by Crippen LogP contribution is -2.52. The van der Waals surface area contributed by atoms with Crippen molar-refractivity contribution in [1.29, 1.82) is 0 Å². The summed E-state index contributed by atoms with van der Waals surface area (Å²) in [5.41, 5.74) is 2.19. The second-order valence-corrected chi connectivity index (χ2v) is 13.6. The smallest absolute Gasteiger partial charge is 0.252 e. The SMILES string of the molecule is Cc1cc(S(=O)(=O)C2CC3(CCN(C(C)C)CC3)C2)ccc1Nc1ncc2ccc(=O)n(C(C)C)c2n1.[HH]. The molecule has 2 aliphatic rings. The van der Waals surface area contributed by atoms with E-state index in [2.05, 4.69) is 34.0 Å². The first-order chi connectivity index (χ1) is 17.5. The zero-order chi connectivity index (χ0) is 26.5. The molecule has 0 atom stereocenters. The summed E-state index contributed by atoms with van der Waals surface area (Å²) in [7, 11) is -3.38. The van der Waals surface area contributed by atoms with Gasteiger partial charge in [-0.25, -0.2) is 13.4 Å². The van der Waals surface area contributed by atoms with Crippen LogP contribution in [0.3, 0.4) is 0 Å². The van der Waals surface area contributed by atoms with Crippen LogP contribution in [0.25, 0.3) is 11.0 Å². The lowest BCUT2D eigenvalue weighted by Gasteiger charge is -2.52. The molecule has 200 valence electrons. The van der Waals surface area contributed by atoms with Crippen LogP contribution in [0.15, 0.2) is 46.2 Å². The zero-order valence-electron chi connectivity index (χ0n) is 22.4. The third-order valence-corrected chi connectivity index (χ3v) is 10.4. The molecule has 0 bridgehead atoms. The number of nitrogens with zero attached hydrogens (tertiary/aromatic N) is 4. The summed E-state index contributed by atoms with van der Waals surface area (Å²) in [4.78, 5) is 24.2. The van der Waals surface area contributed by atoms with Crippen LogP contribution in [0.2, 0.25) is 0 Å². The number of aromatic nitrogens is 3. The van der Waals surface area contributed by atoms with Crippen molar-refractivity contribution < 1.29 is 9.84 Å². The fraction of sp³-hybridized carbons (Fsp3) is 0.536. The number of hydrogen-bond acceptors (Lipinski definition) is 7. The third kappa shape index (κ3) is 4.79. The average molecular weight is 526 g/mol. The number of anilines is 2. The Bertz CT molecular complexity index is 1490. The third-order valence-electron chi connectivity index (χ3n) is 8.31. The largest absolute Gasteiger partial charge is 0.324 e. The topological polar surface area (TPSA) is 97.2 Å². The van der Waals surface area contributed by atoms with Crippen LogP contribution in [-0.2, 0) is 9.84 Å². The Labute approximate surface area is 220 Å². The minimum absolute atomic E-state index is 0. The Kier molecular flexibility index (Phi) is 6.64. The van der Waals surface area contributed by atoms with Gasteiger partial charge in [0.05, 0.1) is 10.1 Å². The van der Waals surface area contributed by atoms with E-state index in [0.717, 1.165) is 55.4 Å². The van der Waals surface area contributed by atoms with Crippen molar-refractivity contribution in [3.05, 3.63) is 52.4 Å². The number of benzene rings is 1. The maximum absolute atomic E-state index is 13.4. The van der Waals surface area contributed by atoms with Gasteiger partial charge in [0.1, 0.15) is 5.65 Å². The van der Waals surface area contributed by atoms with Gasteiger partial charge in [-0.15, -0.1) is 0 Å². The summed E-state index contributed by atoms with van der Waals surface area (Å²) in [6.45, 7) is 12.3. The van der Waals surface area contributed by atoms with Gasteiger partial charge in [-0.1, -0.05) is 0 Å². The molecule has 1 saturated carbocycles. The van der Waals surface area contributed by atoms with Gasteiger partial charge < -0.3 is 10.2 Å². The predicted molar refractivity (Wildman–Crippen MR) is 149 cm³/mol. The Morgan fingerprint density at radius 1 is 1.05 bits per heavy atom. The molecule has 0 radical (unpaired) electrons. The molecule has 5 rings (SSSR count). The van der Waals surface area contributed by atoms with E-state index in [4.69, 9.17) is 0 Å². The summed E-state index contributed by atoms with van der Waals surface area (Å²) in [6.07, 6.45) is 5.41. The molecule has 1 aromatic carbocycles. The van der Waals surface area contributed by atoms with Crippen LogP contribution in [0.4, 0.5) is 11.6 Å². The molecule has 0 amide bonds. The van der Waals surface area contributed by atoms with E-state index in [9.17, 15) is 13.2 Å². The molecule has 1 spiro atoms. The van der Waals surface area contributed by atoms with Crippen molar-refractivity contribution in [1.82, 2.24) is 19.4 Å². The van der Waals surface area contributed by atoms with Crippen LogP contribution >= 0.6 is 0 Å². The highest BCUT2D eigenvalue weighted by atomic mass is 32.2. The minimum atomic E-state index is -3.38. The molecule has 1 saturated heterocycles. The van der Waals surface area contributed by atoms with E-state index in [1.807, 2.05) is 20.8 Å². The molecule has 8 nitrogen and oxygen atoms in total. The molecule has 1 N–H and O–H groups in total. The molecule has 0 unspecified atom stereocenters. The van der Waals surface area contributed by atoms with Crippen LogP contribution < -0.4 is 10.9 Å². The summed E-state index contributed by atoms with van der Waals surface area (Å²) < 4.78 is 28.5. The Morgan fingerprint density at radius 3 is 2.38 bits per heavy atom. The number of likely N-dealkylation sites (tertiary alicyclic amines) is 1. The number of hydrogen-bond donors (Lipinski definition) is 1. The highest BCUT2D eigenvalue weighted by Gasteiger charge is 2.51. The van der Waals surface area contributed by atoms with E-state index in [-0.39, 0.29) is 23.7 Å². The summed E-state index contributed by atoms with van der Waals surface area (Å²) in [5, 5.41) is 3.69. The Hall–Kier alpha value is -2.78. The van der Waals surface area contributed by atoms with Gasteiger partial charge in [0.2, 0.25) is 5.95 Å². The van der Waals surface area contributed by atoms with E-state index < -0.39 is 9.84 Å². The normalized spacial score (nSPS) is 18.6. The second kappa shape index (κ2) is 9.51.